The summed E-state index contributed by atoms with van der Waals surface area (Å²) in [6.07, 6.45) is 18.3. The Balaban J connectivity index is 1.08. The van der Waals surface area contributed by atoms with Gasteiger partial charge in [-0.1, -0.05) is 0 Å². The van der Waals surface area contributed by atoms with Crippen molar-refractivity contribution >= 4 is 35.3 Å². The molecular weight excluding hydrogens is 336 g/mol. The molecule has 0 N–H and O–H groups in total. The van der Waals surface area contributed by atoms with Gasteiger partial charge in [-0.15, -0.1) is 0 Å². The smallest absolute Gasteiger partial charge is 0.00500 e. The molecule has 0 aromatic carbocycles. The normalized spacial score (nSPS) is 38.6. The van der Waals surface area contributed by atoms with Crippen molar-refractivity contribution in [3.63, 3.8) is 0 Å². The van der Waals surface area contributed by atoms with Crippen molar-refractivity contribution in [1.82, 2.24) is 0 Å². The highest BCUT2D eigenvalue weighted by Crippen LogP contribution is 2.43. The summed E-state index contributed by atoms with van der Waals surface area (Å²) in [6, 6.07) is 0. The van der Waals surface area contributed by atoms with Crippen LogP contribution in [0.2, 0.25) is 0 Å². The molecule has 0 aromatic rings. The van der Waals surface area contributed by atoms with Gasteiger partial charge >= 0.3 is 0 Å². The second-order valence-corrected chi connectivity index (χ2v) is 12.8. The SMILES string of the molecule is C1CC(SC2CCC(CSC3CC3)CC2)CCC1CSC1CC1. The van der Waals surface area contributed by atoms with Crippen LogP contribution in [0.4, 0.5) is 0 Å². The molecule has 132 valence electrons. The van der Waals surface area contributed by atoms with E-state index in [-0.39, 0.29) is 0 Å². The first-order valence-corrected chi connectivity index (χ1v) is 13.3. The summed E-state index contributed by atoms with van der Waals surface area (Å²) in [5.74, 6) is 5.08. The zero-order valence-electron chi connectivity index (χ0n) is 14.6. The van der Waals surface area contributed by atoms with Crippen LogP contribution in [-0.4, -0.2) is 32.5 Å². The first-order valence-electron chi connectivity index (χ1n) is 10.2. The zero-order chi connectivity index (χ0) is 15.5. The Morgan fingerprint density at radius 1 is 0.435 bits per heavy atom. The summed E-state index contributed by atoms with van der Waals surface area (Å²) in [6.45, 7) is 0. The van der Waals surface area contributed by atoms with Crippen LogP contribution in [0.1, 0.15) is 77.0 Å². The molecule has 3 heteroatoms. The van der Waals surface area contributed by atoms with Gasteiger partial charge in [-0.05, 0) is 100 Å². The van der Waals surface area contributed by atoms with E-state index in [2.05, 4.69) is 35.3 Å². The molecule has 0 unspecified atom stereocenters. The second kappa shape index (κ2) is 8.62. The first kappa shape index (κ1) is 17.5. The van der Waals surface area contributed by atoms with E-state index < -0.39 is 0 Å². The topological polar surface area (TPSA) is 0 Å². The summed E-state index contributed by atoms with van der Waals surface area (Å²) >= 11 is 6.98. The van der Waals surface area contributed by atoms with Gasteiger partial charge < -0.3 is 0 Å². The van der Waals surface area contributed by atoms with E-state index >= 15 is 0 Å². The molecule has 0 aromatic heterocycles. The Labute approximate surface area is 156 Å². The molecule has 23 heavy (non-hydrogen) atoms. The fraction of sp³-hybridized carbons (Fsp3) is 1.00. The van der Waals surface area contributed by atoms with Gasteiger partial charge in [0.1, 0.15) is 0 Å². The maximum Gasteiger partial charge on any atom is 0.00500 e. The minimum Gasteiger partial charge on any atom is -0.158 e. The van der Waals surface area contributed by atoms with Crippen molar-refractivity contribution in [1.29, 1.82) is 0 Å². The lowest BCUT2D eigenvalue weighted by atomic mass is 9.90. The van der Waals surface area contributed by atoms with E-state index in [4.69, 9.17) is 0 Å². The fourth-order valence-corrected chi connectivity index (χ4v) is 8.48. The number of hydrogen-bond donors (Lipinski definition) is 0. The van der Waals surface area contributed by atoms with Gasteiger partial charge in [0.2, 0.25) is 0 Å². The minimum absolute atomic E-state index is 1.01. The average Bonchev–Trinajstić information content (AvgIpc) is 3.48. The molecular formula is C20H34S3. The van der Waals surface area contributed by atoms with E-state index in [1.807, 2.05) is 0 Å². The average molecular weight is 371 g/mol. The number of hydrogen-bond acceptors (Lipinski definition) is 3. The monoisotopic (exact) mass is 370 g/mol. The summed E-state index contributed by atoms with van der Waals surface area (Å²) in [5.41, 5.74) is 0. The standard InChI is InChI=1S/C20H34S3/c1-5-19(6-2-15(1)13-21-17-9-10-17)23-20-7-3-16(4-8-20)14-22-18-11-12-18/h15-20H,1-14H2. The summed E-state index contributed by atoms with van der Waals surface area (Å²) in [5, 5.41) is 4.16. The van der Waals surface area contributed by atoms with E-state index in [0.717, 1.165) is 32.8 Å². The van der Waals surface area contributed by atoms with E-state index in [0.29, 0.717) is 0 Å². The van der Waals surface area contributed by atoms with Crippen LogP contribution >= 0.6 is 35.3 Å². The molecule has 0 nitrogen and oxygen atoms in total. The van der Waals surface area contributed by atoms with Gasteiger partial charge in [-0.25, -0.2) is 0 Å². The highest BCUT2D eigenvalue weighted by atomic mass is 32.2. The molecule has 0 aliphatic heterocycles. The van der Waals surface area contributed by atoms with Crippen LogP contribution in [0.15, 0.2) is 0 Å². The summed E-state index contributed by atoms with van der Waals surface area (Å²) in [7, 11) is 0. The van der Waals surface area contributed by atoms with Crippen molar-refractivity contribution in [3.05, 3.63) is 0 Å². The molecule has 0 bridgehead atoms. The quantitative estimate of drug-likeness (QED) is 0.470. The highest BCUT2D eigenvalue weighted by Gasteiger charge is 2.30. The maximum atomic E-state index is 2.41. The van der Waals surface area contributed by atoms with Crippen molar-refractivity contribution in [2.75, 3.05) is 11.5 Å². The third-order valence-corrected chi connectivity index (χ3v) is 11.1. The molecule has 4 aliphatic rings. The summed E-state index contributed by atoms with van der Waals surface area (Å²) in [4.78, 5) is 0. The molecule has 4 fully saturated rings. The lowest BCUT2D eigenvalue weighted by Gasteiger charge is -2.33. The first-order chi connectivity index (χ1) is 11.3. The molecule has 0 heterocycles. The molecule has 0 spiro atoms. The molecule has 4 rings (SSSR count). The molecule has 0 radical (unpaired) electrons. The van der Waals surface area contributed by atoms with Crippen LogP contribution < -0.4 is 0 Å². The van der Waals surface area contributed by atoms with Crippen molar-refractivity contribution < 1.29 is 0 Å². The molecule has 0 saturated heterocycles. The van der Waals surface area contributed by atoms with Gasteiger partial charge in [0.25, 0.3) is 0 Å². The zero-order valence-corrected chi connectivity index (χ0v) is 17.0. The Kier molecular flexibility index (Phi) is 6.55. The predicted octanol–water partition coefficient (Wildman–Crippen LogP) is 6.63. The Bertz CT molecular complexity index is 314. The highest BCUT2D eigenvalue weighted by molar-refractivity contribution is 8.00. The van der Waals surface area contributed by atoms with Crippen molar-refractivity contribution in [3.8, 4) is 0 Å². The van der Waals surface area contributed by atoms with Gasteiger partial charge in [-0.2, -0.15) is 35.3 Å². The molecule has 0 amide bonds. The Hall–Kier alpha value is 1.05. The maximum absolute atomic E-state index is 2.41. The third kappa shape index (κ3) is 6.06. The van der Waals surface area contributed by atoms with Crippen molar-refractivity contribution in [2.45, 2.75) is 98.0 Å². The lowest BCUT2D eigenvalue weighted by molar-refractivity contribution is 0.385. The van der Waals surface area contributed by atoms with Crippen LogP contribution in [0.25, 0.3) is 0 Å². The summed E-state index contributed by atoms with van der Waals surface area (Å²) < 4.78 is 0. The van der Waals surface area contributed by atoms with E-state index in [1.54, 1.807) is 0 Å². The largest absolute Gasteiger partial charge is 0.158 e. The number of rotatable bonds is 8. The van der Waals surface area contributed by atoms with Crippen LogP contribution in [-0.2, 0) is 0 Å². The van der Waals surface area contributed by atoms with Crippen LogP contribution in [0, 0.1) is 11.8 Å². The second-order valence-electron chi connectivity index (χ2n) is 8.49. The van der Waals surface area contributed by atoms with E-state index in [9.17, 15) is 0 Å². The van der Waals surface area contributed by atoms with Gasteiger partial charge in [0.05, 0.1) is 0 Å². The molecule has 0 atom stereocenters. The number of thioether (sulfide) groups is 3. The fourth-order valence-electron chi connectivity index (χ4n) is 4.16. The van der Waals surface area contributed by atoms with Crippen LogP contribution in [0.3, 0.4) is 0 Å². The van der Waals surface area contributed by atoms with Gasteiger partial charge in [-0.3, -0.25) is 0 Å². The molecule has 4 aliphatic carbocycles. The van der Waals surface area contributed by atoms with Gasteiger partial charge in [0.15, 0.2) is 0 Å². The van der Waals surface area contributed by atoms with Crippen LogP contribution in [0.5, 0.6) is 0 Å². The van der Waals surface area contributed by atoms with Crippen molar-refractivity contribution in [2.24, 2.45) is 11.8 Å². The Morgan fingerprint density at radius 3 is 1.13 bits per heavy atom. The Morgan fingerprint density at radius 2 is 0.783 bits per heavy atom. The van der Waals surface area contributed by atoms with E-state index in [1.165, 1.54) is 88.6 Å². The predicted molar refractivity (Wildman–Crippen MR) is 110 cm³/mol. The third-order valence-electron chi connectivity index (χ3n) is 6.16. The van der Waals surface area contributed by atoms with Gasteiger partial charge in [0, 0.05) is 21.0 Å². The minimum atomic E-state index is 1.01. The molecule has 4 saturated carbocycles. The lowest BCUT2D eigenvalue weighted by Crippen LogP contribution is -2.23.